The molecular weight excluding hydrogens is 527 g/mol. The Balaban J connectivity index is 1.43. The summed E-state index contributed by atoms with van der Waals surface area (Å²) in [5, 5.41) is 4.84. The highest BCUT2D eigenvalue weighted by Gasteiger charge is 2.15. The predicted molar refractivity (Wildman–Crippen MR) is 138 cm³/mol. The second-order valence-corrected chi connectivity index (χ2v) is 9.26. The lowest BCUT2D eigenvalue weighted by atomic mass is 10.2. The van der Waals surface area contributed by atoms with Crippen molar-refractivity contribution in [3.63, 3.8) is 0 Å². The first-order valence-corrected chi connectivity index (χ1v) is 12.2. The molecule has 1 aliphatic heterocycles. The maximum Gasteiger partial charge on any atom is 0.162 e. The average Bonchev–Trinajstić information content (AvgIpc) is 2.83. The first-order valence-electron chi connectivity index (χ1n) is 10.6. The van der Waals surface area contributed by atoms with Crippen molar-refractivity contribution in [1.82, 2.24) is 0 Å². The van der Waals surface area contributed by atoms with Crippen molar-refractivity contribution in [2.45, 2.75) is 13.2 Å². The number of benzene rings is 3. The summed E-state index contributed by atoms with van der Waals surface area (Å²) in [4.78, 5) is 2.25. The summed E-state index contributed by atoms with van der Waals surface area (Å²) in [6.45, 7) is 4.10. The van der Waals surface area contributed by atoms with E-state index in [4.69, 9.17) is 37.4 Å². The fraction of sp³-hybridized carbons (Fsp3) is 0.280. The normalized spacial score (nSPS) is 13.6. The number of ether oxygens (including phenoxy) is 3. The van der Waals surface area contributed by atoms with Crippen LogP contribution in [0.2, 0.25) is 10.0 Å². The lowest BCUT2D eigenvalue weighted by molar-refractivity contribution is 0.122. The number of rotatable bonds is 8. The molecule has 0 radical (unpaired) electrons. The standard InChI is InChI=1S/C25H25BrCl2N2O3/c1-31-24-12-18(20(26)14-25(24)33-16-17-4-2-3-5-21(17)27)15-29-19-6-7-23(22(28)13-19)30-8-10-32-11-9-30/h2-7,12-14,29H,8-11,15-16H2,1H3. The van der Waals surface area contributed by atoms with Crippen LogP contribution in [0.5, 0.6) is 11.5 Å². The number of nitrogens with zero attached hydrogens (tertiary/aromatic N) is 1. The van der Waals surface area contributed by atoms with Crippen LogP contribution < -0.4 is 19.7 Å². The molecule has 0 atom stereocenters. The Hall–Kier alpha value is -2.12. The van der Waals surface area contributed by atoms with E-state index < -0.39 is 0 Å². The van der Waals surface area contributed by atoms with E-state index in [0.29, 0.717) is 29.7 Å². The van der Waals surface area contributed by atoms with Gasteiger partial charge in [-0.15, -0.1) is 0 Å². The zero-order valence-electron chi connectivity index (χ0n) is 18.2. The van der Waals surface area contributed by atoms with E-state index in [9.17, 15) is 0 Å². The Kier molecular flexibility index (Phi) is 8.25. The van der Waals surface area contributed by atoms with E-state index in [1.807, 2.05) is 48.5 Å². The van der Waals surface area contributed by atoms with Crippen molar-refractivity contribution >= 4 is 50.5 Å². The highest BCUT2D eigenvalue weighted by molar-refractivity contribution is 9.10. The Morgan fingerprint density at radius 1 is 0.970 bits per heavy atom. The maximum absolute atomic E-state index is 6.56. The summed E-state index contributed by atoms with van der Waals surface area (Å²) in [5.41, 5.74) is 3.93. The van der Waals surface area contributed by atoms with Gasteiger partial charge in [-0.3, -0.25) is 0 Å². The summed E-state index contributed by atoms with van der Waals surface area (Å²) in [5.74, 6) is 1.30. The van der Waals surface area contributed by atoms with Gasteiger partial charge in [0.05, 0.1) is 31.0 Å². The third kappa shape index (κ3) is 6.07. The smallest absolute Gasteiger partial charge is 0.162 e. The molecular formula is C25H25BrCl2N2O3. The molecule has 0 spiro atoms. The molecule has 0 saturated carbocycles. The molecule has 5 nitrogen and oxygen atoms in total. The Morgan fingerprint density at radius 2 is 1.76 bits per heavy atom. The van der Waals surface area contributed by atoms with Crippen LogP contribution in [0, 0.1) is 0 Å². The molecule has 0 amide bonds. The van der Waals surface area contributed by atoms with Gasteiger partial charge < -0.3 is 24.4 Å². The van der Waals surface area contributed by atoms with Gasteiger partial charge in [-0.25, -0.2) is 0 Å². The van der Waals surface area contributed by atoms with Crippen LogP contribution in [0.15, 0.2) is 59.1 Å². The van der Waals surface area contributed by atoms with Crippen LogP contribution in [-0.2, 0) is 17.9 Å². The second kappa shape index (κ2) is 11.3. The van der Waals surface area contributed by atoms with E-state index in [2.05, 4.69) is 32.2 Å². The van der Waals surface area contributed by atoms with Crippen molar-refractivity contribution in [1.29, 1.82) is 0 Å². The Morgan fingerprint density at radius 3 is 2.48 bits per heavy atom. The van der Waals surface area contributed by atoms with Crippen LogP contribution in [0.1, 0.15) is 11.1 Å². The monoisotopic (exact) mass is 550 g/mol. The number of nitrogens with one attached hydrogen (secondary N) is 1. The van der Waals surface area contributed by atoms with Crippen molar-refractivity contribution in [3.8, 4) is 11.5 Å². The van der Waals surface area contributed by atoms with Gasteiger partial charge in [0.15, 0.2) is 11.5 Å². The van der Waals surface area contributed by atoms with Gasteiger partial charge in [0.25, 0.3) is 0 Å². The average molecular weight is 552 g/mol. The molecule has 3 aromatic rings. The molecule has 33 heavy (non-hydrogen) atoms. The second-order valence-electron chi connectivity index (χ2n) is 7.59. The molecule has 1 N–H and O–H groups in total. The van der Waals surface area contributed by atoms with E-state index >= 15 is 0 Å². The fourth-order valence-electron chi connectivity index (χ4n) is 3.63. The molecule has 0 aliphatic carbocycles. The van der Waals surface area contributed by atoms with Crippen molar-refractivity contribution in [2.75, 3.05) is 43.6 Å². The summed E-state index contributed by atoms with van der Waals surface area (Å²) >= 11 is 16.5. The molecule has 0 unspecified atom stereocenters. The summed E-state index contributed by atoms with van der Waals surface area (Å²) in [6, 6.07) is 17.6. The topological polar surface area (TPSA) is 43.0 Å². The molecule has 174 valence electrons. The van der Waals surface area contributed by atoms with Crippen molar-refractivity contribution in [3.05, 3.63) is 80.2 Å². The molecule has 1 heterocycles. The zero-order chi connectivity index (χ0) is 23.2. The predicted octanol–water partition coefficient (Wildman–Crippen LogP) is 6.79. The Labute approximate surface area is 212 Å². The van der Waals surface area contributed by atoms with Crippen molar-refractivity contribution < 1.29 is 14.2 Å². The van der Waals surface area contributed by atoms with Crippen LogP contribution in [0.25, 0.3) is 0 Å². The molecule has 8 heteroatoms. The number of hydrogen-bond acceptors (Lipinski definition) is 5. The highest BCUT2D eigenvalue weighted by atomic mass is 79.9. The van der Waals surface area contributed by atoms with Gasteiger partial charge >= 0.3 is 0 Å². The molecule has 1 fully saturated rings. The number of hydrogen-bond donors (Lipinski definition) is 1. The molecule has 1 aliphatic rings. The van der Waals surface area contributed by atoms with Gasteiger partial charge in [0, 0.05) is 40.4 Å². The molecule has 3 aromatic carbocycles. The minimum Gasteiger partial charge on any atom is -0.493 e. The van der Waals surface area contributed by atoms with E-state index in [1.165, 1.54) is 0 Å². The molecule has 4 rings (SSSR count). The van der Waals surface area contributed by atoms with Gasteiger partial charge in [-0.1, -0.05) is 57.3 Å². The van der Waals surface area contributed by atoms with Gasteiger partial charge in [-0.2, -0.15) is 0 Å². The van der Waals surface area contributed by atoms with Crippen molar-refractivity contribution in [2.24, 2.45) is 0 Å². The van der Waals surface area contributed by atoms with Crippen LogP contribution >= 0.6 is 39.1 Å². The minimum atomic E-state index is 0.355. The quantitative estimate of drug-likeness (QED) is 0.334. The SMILES string of the molecule is COc1cc(CNc2ccc(N3CCOCC3)c(Cl)c2)c(Br)cc1OCc1ccccc1Cl. The molecule has 1 saturated heterocycles. The lowest BCUT2D eigenvalue weighted by Gasteiger charge is -2.29. The van der Waals surface area contributed by atoms with Gasteiger partial charge in [-0.05, 0) is 42.0 Å². The number of methoxy groups -OCH3 is 1. The number of halogens is 3. The first kappa shape index (κ1) is 24.0. The largest absolute Gasteiger partial charge is 0.493 e. The third-order valence-electron chi connectivity index (χ3n) is 5.46. The van der Waals surface area contributed by atoms with Gasteiger partial charge in [0.2, 0.25) is 0 Å². The van der Waals surface area contributed by atoms with Crippen LogP contribution in [0.4, 0.5) is 11.4 Å². The van der Waals surface area contributed by atoms with Crippen LogP contribution in [-0.4, -0.2) is 33.4 Å². The first-order chi connectivity index (χ1) is 16.0. The van der Waals surface area contributed by atoms with Crippen LogP contribution in [0.3, 0.4) is 0 Å². The number of morpholine rings is 1. The lowest BCUT2D eigenvalue weighted by Crippen LogP contribution is -2.36. The summed E-state index contributed by atoms with van der Waals surface area (Å²) in [6.07, 6.45) is 0. The van der Waals surface area contributed by atoms with Gasteiger partial charge in [0.1, 0.15) is 6.61 Å². The minimum absolute atomic E-state index is 0.355. The van der Waals surface area contributed by atoms with E-state index in [0.717, 1.165) is 58.3 Å². The Bertz CT molecular complexity index is 1110. The highest BCUT2D eigenvalue weighted by Crippen LogP contribution is 2.35. The maximum atomic E-state index is 6.56. The third-order valence-corrected chi connectivity index (χ3v) is 6.87. The zero-order valence-corrected chi connectivity index (χ0v) is 21.3. The number of anilines is 2. The molecule has 0 aromatic heterocycles. The van der Waals surface area contributed by atoms with E-state index in [-0.39, 0.29) is 0 Å². The molecule has 0 bridgehead atoms. The summed E-state index contributed by atoms with van der Waals surface area (Å²) in [7, 11) is 1.63. The fourth-order valence-corrected chi connectivity index (χ4v) is 4.58. The summed E-state index contributed by atoms with van der Waals surface area (Å²) < 4.78 is 17.9. The van der Waals surface area contributed by atoms with E-state index in [1.54, 1.807) is 7.11 Å².